The molecule has 1 unspecified atom stereocenters. The summed E-state index contributed by atoms with van der Waals surface area (Å²) in [6.07, 6.45) is 4.86. The lowest BCUT2D eigenvalue weighted by molar-refractivity contribution is 0.195. The van der Waals surface area contributed by atoms with E-state index in [1.54, 1.807) is 7.11 Å². The van der Waals surface area contributed by atoms with Crippen molar-refractivity contribution in [1.82, 2.24) is 15.1 Å². The third-order valence-electron chi connectivity index (χ3n) is 2.32. The summed E-state index contributed by atoms with van der Waals surface area (Å²) in [5, 5.41) is 7.64. The first-order chi connectivity index (χ1) is 7.76. The van der Waals surface area contributed by atoms with Gasteiger partial charge < -0.3 is 10.1 Å². The molecule has 0 bridgehead atoms. The number of rotatable bonds is 8. The molecule has 0 amide bonds. The summed E-state index contributed by atoms with van der Waals surface area (Å²) in [7, 11) is 1.67. The Balaban J connectivity index is 2.11. The SMILES string of the molecule is CCn1cc(CNCCC(Cl)COC)cn1. The van der Waals surface area contributed by atoms with Gasteiger partial charge in [-0.2, -0.15) is 5.10 Å². The van der Waals surface area contributed by atoms with E-state index in [4.69, 9.17) is 16.3 Å². The number of alkyl halides is 1. The van der Waals surface area contributed by atoms with Crippen molar-refractivity contribution in [2.45, 2.75) is 31.8 Å². The lowest BCUT2D eigenvalue weighted by Gasteiger charge is -2.08. The van der Waals surface area contributed by atoms with E-state index in [0.29, 0.717) is 6.61 Å². The third kappa shape index (κ3) is 4.96. The van der Waals surface area contributed by atoms with E-state index in [0.717, 1.165) is 26.1 Å². The molecule has 92 valence electrons. The minimum absolute atomic E-state index is 0.0934. The van der Waals surface area contributed by atoms with Crippen molar-refractivity contribution >= 4 is 11.6 Å². The quantitative estimate of drug-likeness (QED) is 0.559. The highest BCUT2D eigenvalue weighted by Gasteiger charge is 2.03. The van der Waals surface area contributed by atoms with Gasteiger partial charge in [0, 0.05) is 32.0 Å². The Morgan fingerprint density at radius 1 is 1.62 bits per heavy atom. The van der Waals surface area contributed by atoms with Crippen LogP contribution in [0.2, 0.25) is 0 Å². The Bertz CT molecular complexity index is 291. The number of nitrogens with one attached hydrogen (secondary N) is 1. The average Bonchev–Trinajstić information content (AvgIpc) is 2.73. The first-order valence-electron chi connectivity index (χ1n) is 5.61. The third-order valence-corrected chi connectivity index (χ3v) is 2.67. The minimum Gasteiger partial charge on any atom is -0.383 e. The van der Waals surface area contributed by atoms with Gasteiger partial charge in [-0.1, -0.05) is 0 Å². The fourth-order valence-electron chi connectivity index (χ4n) is 1.43. The van der Waals surface area contributed by atoms with Gasteiger partial charge in [-0.05, 0) is 19.9 Å². The van der Waals surface area contributed by atoms with Crippen LogP contribution in [0.3, 0.4) is 0 Å². The van der Waals surface area contributed by atoms with E-state index in [-0.39, 0.29) is 5.38 Å². The van der Waals surface area contributed by atoms with E-state index >= 15 is 0 Å². The molecule has 0 saturated heterocycles. The fraction of sp³-hybridized carbons (Fsp3) is 0.727. The molecular weight excluding hydrogens is 226 g/mol. The van der Waals surface area contributed by atoms with Crippen LogP contribution in [0.5, 0.6) is 0 Å². The van der Waals surface area contributed by atoms with Crippen LogP contribution in [0.1, 0.15) is 18.9 Å². The van der Waals surface area contributed by atoms with Gasteiger partial charge in [-0.25, -0.2) is 0 Å². The first kappa shape index (κ1) is 13.5. The summed E-state index contributed by atoms with van der Waals surface area (Å²) in [6, 6.07) is 0. The summed E-state index contributed by atoms with van der Waals surface area (Å²) in [5.74, 6) is 0. The van der Waals surface area contributed by atoms with Crippen molar-refractivity contribution in [1.29, 1.82) is 0 Å². The highest BCUT2D eigenvalue weighted by Crippen LogP contribution is 2.02. The summed E-state index contributed by atoms with van der Waals surface area (Å²) >= 11 is 6.01. The van der Waals surface area contributed by atoms with Crippen LogP contribution in [-0.4, -0.2) is 35.4 Å². The van der Waals surface area contributed by atoms with Crippen LogP contribution in [0.4, 0.5) is 0 Å². The molecule has 0 aliphatic heterocycles. The van der Waals surface area contributed by atoms with E-state index in [9.17, 15) is 0 Å². The van der Waals surface area contributed by atoms with Crippen molar-refractivity contribution < 1.29 is 4.74 Å². The number of halogens is 1. The molecular formula is C11H20ClN3O. The van der Waals surface area contributed by atoms with Gasteiger partial charge in [0.15, 0.2) is 0 Å². The van der Waals surface area contributed by atoms with Gasteiger partial charge in [0.1, 0.15) is 0 Å². The predicted octanol–water partition coefficient (Wildman–Crippen LogP) is 1.64. The first-order valence-corrected chi connectivity index (χ1v) is 6.05. The lowest BCUT2D eigenvalue weighted by Crippen LogP contribution is -2.19. The van der Waals surface area contributed by atoms with Gasteiger partial charge in [0.25, 0.3) is 0 Å². The van der Waals surface area contributed by atoms with Gasteiger partial charge in [-0.15, -0.1) is 11.6 Å². The number of methoxy groups -OCH3 is 1. The van der Waals surface area contributed by atoms with Crippen LogP contribution in [0, 0.1) is 0 Å². The molecule has 1 heterocycles. The van der Waals surface area contributed by atoms with Crippen LogP contribution >= 0.6 is 11.6 Å². The molecule has 1 aromatic rings. The molecule has 4 nitrogen and oxygen atoms in total. The normalized spacial score (nSPS) is 12.9. The second-order valence-corrected chi connectivity index (χ2v) is 4.34. The largest absolute Gasteiger partial charge is 0.383 e. The molecule has 1 rings (SSSR count). The lowest BCUT2D eigenvalue weighted by atomic mass is 10.3. The van der Waals surface area contributed by atoms with Crippen LogP contribution in [-0.2, 0) is 17.8 Å². The maximum atomic E-state index is 6.01. The van der Waals surface area contributed by atoms with Gasteiger partial charge in [0.2, 0.25) is 0 Å². The number of nitrogens with zero attached hydrogens (tertiary/aromatic N) is 2. The summed E-state index contributed by atoms with van der Waals surface area (Å²) in [4.78, 5) is 0. The Morgan fingerprint density at radius 2 is 2.44 bits per heavy atom. The predicted molar refractivity (Wildman–Crippen MR) is 65.7 cm³/mol. The Labute approximate surface area is 102 Å². The van der Waals surface area contributed by atoms with Gasteiger partial charge in [0.05, 0.1) is 18.2 Å². The van der Waals surface area contributed by atoms with E-state index in [1.165, 1.54) is 5.56 Å². The van der Waals surface area contributed by atoms with E-state index in [2.05, 4.69) is 23.5 Å². The van der Waals surface area contributed by atoms with Gasteiger partial charge >= 0.3 is 0 Å². The van der Waals surface area contributed by atoms with Crippen molar-refractivity contribution in [3.63, 3.8) is 0 Å². The molecule has 0 spiro atoms. The summed E-state index contributed by atoms with van der Waals surface area (Å²) in [5.41, 5.74) is 1.21. The summed E-state index contributed by atoms with van der Waals surface area (Å²) < 4.78 is 6.89. The van der Waals surface area contributed by atoms with Crippen molar-refractivity contribution in [2.24, 2.45) is 0 Å². The molecule has 0 saturated carbocycles. The molecule has 1 aromatic heterocycles. The zero-order chi connectivity index (χ0) is 11.8. The second kappa shape index (κ2) is 7.65. The molecule has 0 aromatic carbocycles. The summed E-state index contributed by atoms with van der Waals surface area (Å²) in [6.45, 7) is 5.34. The number of aromatic nitrogens is 2. The van der Waals surface area contributed by atoms with Crippen molar-refractivity contribution in [3.8, 4) is 0 Å². The van der Waals surface area contributed by atoms with Crippen LogP contribution in [0.15, 0.2) is 12.4 Å². The molecule has 0 aliphatic carbocycles. The molecule has 16 heavy (non-hydrogen) atoms. The zero-order valence-corrected chi connectivity index (χ0v) is 10.7. The number of ether oxygens (including phenoxy) is 1. The van der Waals surface area contributed by atoms with Gasteiger partial charge in [-0.3, -0.25) is 4.68 Å². The van der Waals surface area contributed by atoms with E-state index < -0.39 is 0 Å². The maximum Gasteiger partial charge on any atom is 0.0626 e. The molecule has 1 atom stereocenters. The van der Waals surface area contributed by atoms with Crippen molar-refractivity contribution in [3.05, 3.63) is 18.0 Å². The average molecular weight is 246 g/mol. The monoisotopic (exact) mass is 245 g/mol. The zero-order valence-electron chi connectivity index (χ0n) is 9.95. The topological polar surface area (TPSA) is 39.1 Å². The number of hydrogen-bond acceptors (Lipinski definition) is 3. The minimum atomic E-state index is 0.0934. The molecule has 0 aliphatic rings. The van der Waals surface area contributed by atoms with Crippen LogP contribution in [0.25, 0.3) is 0 Å². The Hall–Kier alpha value is -0.580. The molecule has 0 fully saturated rings. The highest BCUT2D eigenvalue weighted by molar-refractivity contribution is 6.20. The molecule has 0 radical (unpaired) electrons. The number of hydrogen-bond donors (Lipinski definition) is 1. The maximum absolute atomic E-state index is 6.01. The van der Waals surface area contributed by atoms with E-state index in [1.807, 2.05) is 10.9 Å². The fourth-order valence-corrected chi connectivity index (χ4v) is 1.66. The second-order valence-electron chi connectivity index (χ2n) is 3.72. The smallest absolute Gasteiger partial charge is 0.0626 e. The Kier molecular flexibility index (Phi) is 6.45. The molecule has 1 N–H and O–H groups in total. The number of aryl methyl sites for hydroxylation is 1. The highest BCUT2D eigenvalue weighted by atomic mass is 35.5. The Morgan fingerprint density at radius 3 is 3.06 bits per heavy atom. The van der Waals surface area contributed by atoms with Crippen LogP contribution < -0.4 is 5.32 Å². The van der Waals surface area contributed by atoms with Crippen molar-refractivity contribution in [2.75, 3.05) is 20.3 Å². The standard InChI is InChI=1S/C11H20ClN3O/c1-3-15-8-10(7-14-15)6-13-5-4-11(12)9-16-2/h7-8,11,13H,3-6,9H2,1-2H3. The molecule has 5 heteroatoms.